The average Bonchev–Trinajstić information content (AvgIpc) is 2.72. The lowest BCUT2D eigenvalue weighted by molar-refractivity contribution is -0.887. The third-order valence-corrected chi connectivity index (χ3v) is 5.27. The number of nitrogens with one attached hydrogen (secondary N) is 1. The van der Waals surface area contributed by atoms with Gasteiger partial charge >= 0.3 is 0 Å². The molecule has 1 aromatic carbocycles. The van der Waals surface area contributed by atoms with Crippen LogP contribution in [0.1, 0.15) is 16.1 Å². The van der Waals surface area contributed by atoms with Gasteiger partial charge in [0.15, 0.2) is 0 Å². The number of Topliss-reactive ketones (excluding diaryl/α,β-unsaturated/α-hetero) is 1. The van der Waals surface area contributed by atoms with Gasteiger partial charge in [-0.2, -0.15) is 11.8 Å². The van der Waals surface area contributed by atoms with E-state index in [1.165, 1.54) is 16.4 Å². The van der Waals surface area contributed by atoms with Gasteiger partial charge in [0.1, 0.15) is 6.54 Å². The Kier molecular flexibility index (Phi) is 3.85. The Labute approximate surface area is 123 Å². The standard InChI is InChI=1S/C16H20N2OS/c1-12-16(13-5-3-4-6-14(13)17(12)2)15(19)11-18-7-9-20-10-8-18/h3-6H,7-11H2,1-2H3/p+1. The molecule has 1 aliphatic heterocycles. The van der Waals surface area contributed by atoms with Gasteiger partial charge < -0.3 is 9.47 Å². The lowest BCUT2D eigenvalue weighted by Gasteiger charge is -2.22. The third kappa shape index (κ3) is 2.38. The van der Waals surface area contributed by atoms with E-state index in [2.05, 4.69) is 23.6 Å². The van der Waals surface area contributed by atoms with Crippen LogP contribution in [0.2, 0.25) is 0 Å². The molecule has 1 aliphatic rings. The molecule has 0 spiro atoms. The number of thioether (sulfide) groups is 1. The van der Waals surface area contributed by atoms with Gasteiger partial charge in [0.05, 0.1) is 18.7 Å². The second-order valence-electron chi connectivity index (χ2n) is 5.50. The number of nitrogens with zero attached hydrogens (tertiary/aromatic N) is 1. The van der Waals surface area contributed by atoms with Crippen LogP contribution in [0.3, 0.4) is 0 Å². The van der Waals surface area contributed by atoms with Gasteiger partial charge in [-0.05, 0) is 13.0 Å². The fraction of sp³-hybridized carbons (Fsp3) is 0.438. The zero-order valence-electron chi connectivity index (χ0n) is 12.1. The van der Waals surface area contributed by atoms with Crippen LogP contribution in [-0.4, -0.2) is 41.5 Å². The summed E-state index contributed by atoms with van der Waals surface area (Å²) in [7, 11) is 2.04. The van der Waals surface area contributed by atoms with E-state index < -0.39 is 0 Å². The summed E-state index contributed by atoms with van der Waals surface area (Å²) in [6, 6.07) is 8.20. The Morgan fingerprint density at radius 3 is 2.75 bits per heavy atom. The first-order valence-electron chi connectivity index (χ1n) is 7.17. The number of hydrogen-bond acceptors (Lipinski definition) is 2. The molecular formula is C16H21N2OS+. The Morgan fingerprint density at radius 2 is 2.00 bits per heavy atom. The topological polar surface area (TPSA) is 26.4 Å². The minimum Gasteiger partial charge on any atom is -0.347 e. The van der Waals surface area contributed by atoms with Crippen molar-refractivity contribution < 1.29 is 9.69 Å². The number of carbonyl (C=O) groups is 1. The molecule has 1 N–H and O–H groups in total. The summed E-state index contributed by atoms with van der Waals surface area (Å²) in [6.45, 7) is 4.91. The molecule has 0 aliphatic carbocycles. The summed E-state index contributed by atoms with van der Waals surface area (Å²) in [6.07, 6.45) is 0. The van der Waals surface area contributed by atoms with E-state index in [0.29, 0.717) is 12.3 Å². The zero-order valence-corrected chi connectivity index (χ0v) is 12.9. The maximum atomic E-state index is 12.7. The first kappa shape index (κ1) is 13.7. The van der Waals surface area contributed by atoms with Crippen LogP contribution in [0.4, 0.5) is 0 Å². The first-order chi connectivity index (χ1) is 9.68. The molecule has 1 saturated heterocycles. The molecule has 0 amide bonds. The van der Waals surface area contributed by atoms with E-state index in [4.69, 9.17) is 0 Å². The number of ketones is 1. The number of carbonyl (C=O) groups excluding carboxylic acids is 1. The summed E-state index contributed by atoms with van der Waals surface area (Å²) >= 11 is 2.00. The van der Waals surface area contributed by atoms with Crippen LogP contribution in [0.15, 0.2) is 24.3 Å². The highest BCUT2D eigenvalue weighted by atomic mass is 32.2. The van der Waals surface area contributed by atoms with Gasteiger partial charge in [-0.3, -0.25) is 4.79 Å². The minimum atomic E-state index is 0.293. The maximum Gasteiger partial charge on any atom is 0.219 e. The monoisotopic (exact) mass is 289 g/mol. The molecule has 3 nitrogen and oxygen atoms in total. The van der Waals surface area contributed by atoms with Crippen LogP contribution in [0, 0.1) is 6.92 Å². The molecule has 0 radical (unpaired) electrons. The van der Waals surface area contributed by atoms with Gasteiger partial charge in [0.2, 0.25) is 5.78 Å². The normalized spacial score (nSPS) is 16.7. The summed E-state index contributed by atoms with van der Waals surface area (Å²) in [5.74, 6) is 2.65. The highest BCUT2D eigenvalue weighted by Crippen LogP contribution is 2.24. The Balaban J connectivity index is 1.93. The van der Waals surface area contributed by atoms with Crippen LogP contribution in [0.25, 0.3) is 10.9 Å². The number of quaternary nitrogens is 1. The number of aromatic nitrogens is 1. The number of hydrogen-bond donors (Lipinski definition) is 1. The van der Waals surface area contributed by atoms with E-state index in [-0.39, 0.29) is 0 Å². The molecule has 0 atom stereocenters. The fourth-order valence-corrected chi connectivity index (χ4v) is 4.10. The van der Waals surface area contributed by atoms with Crippen molar-refractivity contribution in [3.05, 3.63) is 35.5 Å². The first-order valence-corrected chi connectivity index (χ1v) is 8.32. The predicted octanol–water partition coefficient (Wildman–Crippen LogP) is 1.30. The van der Waals surface area contributed by atoms with Gasteiger partial charge in [-0.15, -0.1) is 0 Å². The summed E-state index contributed by atoms with van der Waals surface area (Å²) < 4.78 is 2.13. The van der Waals surface area contributed by atoms with Crippen LogP contribution < -0.4 is 4.90 Å². The van der Waals surface area contributed by atoms with Gasteiger partial charge in [-0.25, -0.2) is 0 Å². The molecule has 0 unspecified atom stereocenters. The van der Waals surface area contributed by atoms with E-state index in [0.717, 1.165) is 35.2 Å². The molecule has 0 saturated carbocycles. The smallest absolute Gasteiger partial charge is 0.219 e. The zero-order chi connectivity index (χ0) is 14.1. The van der Waals surface area contributed by atoms with E-state index in [9.17, 15) is 4.79 Å². The van der Waals surface area contributed by atoms with Crippen molar-refractivity contribution in [3.63, 3.8) is 0 Å². The van der Waals surface area contributed by atoms with E-state index in [1.54, 1.807) is 0 Å². The highest BCUT2D eigenvalue weighted by molar-refractivity contribution is 7.99. The second kappa shape index (κ2) is 5.62. The van der Waals surface area contributed by atoms with E-state index >= 15 is 0 Å². The third-order valence-electron chi connectivity index (χ3n) is 4.29. The van der Waals surface area contributed by atoms with Crippen molar-refractivity contribution in [1.82, 2.24) is 4.57 Å². The van der Waals surface area contributed by atoms with Crippen LogP contribution >= 0.6 is 11.8 Å². The number of para-hydroxylation sites is 1. The van der Waals surface area contributed by atoms with Crippen molar-refractivity contribution in [2.75, 3.05) is 31.1 Å². The van der Waals surface area contributed by atoms with Crippen molar-refractivity contribution in [3.8, 4) is 0 Å². The second-order valence-corrected chi connectivity index (χ2v) is 6.72. The van der Waals surface area contributed by atoms with Gasteiger partial charge in [-0.1, -0.05) is 18.2 Å². The summed E-state index contributed by atoms with van der Waals surface area (Å²) in [5, 5.41) is 1.10. The molecular weight excluding hydrogens is 268 g/mol. The SMILES string of the molecule is Cc1c(C(=O)C[NH+]2CCSCC2)c2ccccc2n1C. The Bertz CT molecular complexity index is 641. The Morgan fingerprint density at radius 1 is 1.30 bits per heavy atom. The largest absolute Gasteiger partial charge is 0.347 e. The summed E-state index contributed by atoms with van der Waals surface area (Å²) in [5.41, 5.74) is 3.16. The van der Waals surface area contributed by atoms with Gasteiger partial charge in [0, 0.05) is 35.2 Å². The van der Waals surface area contributed by atoms with Crippen LogP contribution in [0.5, 0.6) is 0 Å². The average molecular weight is 289 g/mol. The van der Waals surface area contributed by atoms with Crippen molar-refractivity contribution in [2.24, 2.45) is 7.05 Å². The van der Waals surface area contributed by atoms with Crippen LogP contribution in [-0.2, 0) is 7.05 Å². The quantitative estimate of drug-likeness (QED) is 0.862. The molecule has 20 heavy (non-hydrogen) atoms. The molecule has 2 aromatic rings. The Hall–Kier alpha value is -1.26. The lowest BCUT2D eigenvalue weighted by atomic mass is 10.1. The number of fused-ring (bicyclic) bond motifs is 1. The minimum absolute atomic E-state index is 0.293. The predicted molar refractivity (Wildman–Crippen MR) is 84.9 cm³/mol. The highest BCUT2D eigenvalue weighted by Gasteiger charge is 2.23. The molecule has 3 rings (SSSR count). The molecule has 1 aromatic heterocycles. The summed E-state index contributed by atoms with van der Waals surface area (Å²) in [4.78, 5) is 14.2. The number of rotatable bonds is 3. The molecule has 1 fully saturated rings. The maximum absolute atomic E-state index is 12.7. The molecule has 2 heterocycles. The van der Waals surface area contributed by atoms with Crippen molar-refractivity contribution in [1.29, 1.82) is 0 Å². The van der Waals surface area contributed by atoms with E-state index in [1.807, 2.05) is 30.9 Å². The molecule has 0 bridgehead atoms. The van der Waals surface area contributed by atoms with Crippen molar-refractivity contribution in [2.45, 2.75) is 6.92 Å². The van der Waals surface area contributed by atoms with Gasteiger partial charge in [0.25, 0.3) is 0 Å². The molecule has 4 heteroatoms. The number of benzene rings is 1. The fourth-order valence-electron chi connectivity index (χ4n) is 3.03. The van der Waals surface area contributed by atoms with Crippen molar-refractivity contribution >= 4 is 28.4 Å². The number of aryl methyl sites for hydroxylation is 1. The lowest BCUT2D eigenvalue weighted by Crippen LogP contribution is -3.14. The molecule has 106 valence electrons.